The maximum atomic E-state index is 14.3. The molecule has 1 heterocycles. The van der Waals surface area contributed by atoms with Crippen LogP contribution in [0.2, 0.25) is 0 Å². The Hall–Kier alpha value is -3.73. The lowest BCUT2D eigenvalue weighted by Gasteiger charge is -2.11. The van der Waals surface area contributed by atoms with Crippen molar-refractivity contribution in [1.29, 1.82) is 0 Å². The molecule has 0 atom stereocenters. The number of hydrogen-bond acceptors (Lipinski definition) is 6. The molecule has 29 heavy (non-hydrogen) atoms. The Morgan fingerprint density at radius 1 is 1.07 bits per heavy atom. The van der Waals surface area contributed by atoms with Gasteiger partial charge < -0.3 is 10.1 Å². The van der Waals surface area contributed by atoms with Gasteiger partial charge in [0.25, 0.3) is 10.0 Å². The monoisotopic (exact) mass is 418 g/mol. The van der Waals surface area contributed by atoms with Crippen LogP contribution in [0.15, 0.2) is 70.5 Å². The fourth-order valence-electron chi connectivity index (χ4n) is 2.33. The third-order valence-corrected chi connectivity index (χ3v) is 5.38. The van der Waals surface area contributed by atoms with Crippen molar-refractivity contribution in [2.75, 3.05) is 17.7 Å². The van der Waals surface area contributed by atoms with Gasteiger partial charge in [0.2, 0.25) is 0 Å². The average Bonchev–Trinajstić information content (AvgIpc) is 2.71. The molecule has 2 aromatic carbocycles. The van der Waals surface area contributed by atoms with Gasteiger partial charge in [-0.25, -0.2) is 22.4 Å². The van der Waals surface area contributed by atoms with E-state index in [9.17, 15) is 22.4 Å². The first kappa shape index (κ1) is 20.0. The van der Waals surface area contributed by atoms with Crippen LogP contribution in [-0.2, 0) is 10.0 Å². The fraction of sp³-hybridized carbons (Fsp3) is 0.0556. The van der Waals surface area contributed by atoms with Crippen LogP contribution in [0.1, 0.15) is 0 Å². The molecule has 1 aromatic heterocycles. The van der Waals surface area contributed by atoms with E-state index in [1.54, 1.807) is 30.3 Å². The number of nitrogens with zero attached hydrogens (tertiary/aromatic N) is 2. The summed E-state index contributed by atoms with van der Waals surface area (Å²) in [5.74, 6) is -1.50. The van der Waals surface area contributed by atoms with Crippen LogP contribution in [0.25, 0.3) is 0 Å². The molecule has 0 saturated heterocycles. The van der Waals surface area contributed by atoms with Crippen LogP contribution >= 0.6 is 0 Å². The lowest BCUT2D eigenvalue weighted by Crippen LogP contribution is -2.32. The van der Waals surface area contributed by atoms with Crippen molar-refractivity contribution in [1.82, 2.24) is 8.96 Å². The second kappa shape index (κ2) is 8.10. The number of nitrogens with one attached hydrogen (secondary N) is 2. The van der Waals surface area contributed by atoms with Gasteiger partial charge in [-0.2, -0.15) is 8.96 Å². The summed E-state index contributed by atoms with van der Waals surface area (Å²) in [5, 5.41) is 4.50. The van der Waals surface area contributed by atoms with E-state index in [0.717, 1.165) is 0 Å². The maximum absolute atomic E-state index is 14.3. The van der Waals surface area contributed by atoms with Gasteiger partial charge in [0.15, 0.2) is 11.6 Å². The van der Waals surface area contributed by atoms with E-state index >= 15 is 0 Å². The Kier molecular flexibility index (Phi) is 5.59. The van der Waals surface area contributed by atoms with E-state index in [1.165, 1.54) is 31.4 Å². The summed E-state index contributed by atoms with van der Waals surface area (Å²) < 4.78 is 44.6. The number of methoxy groups -OCH3 is 1. The Morgan fingerprint density at radius 3 is 2.34 bits per heavy atom. The highest BCUT2D eigenvalue weighted by Gasteiger charge is 2.22. The summed E-state index contributed by atoms with van der Waals surface area (Å²) in [7, 11) is -2.98. The van der Waals surface area contributed by atoms with Gasteiger partial charge in [-0.3, -0.25) is 5.32 Å². The van der Waals surface area contributed by atoms with Crippen LogP contribution < -0.4 is 21.1 Å². The number of ether oxygens (including phenoxy) is 1. The second-order valence-corrected chi connectivity index (χ2v) is 7.46. The highest BCUT2D eigenvalue weighted by Crippen LogP contribution is 2.18. The van der Waals surface area contributed by atoms with Crippen LogP contribution in [0.4, 0.5) is 20.7 Å². The second-order valence-electron chi connectivity index (χ2n) is 5.64. The molecule has 0 unspecified atom stereocenters. The standard InChI is InChI=1S/C18H15FN4O5S/c1-28-13-7-9-14(10-8-13)29(26,27)23-11-15(19)16(22-18(23)25)21-17(24)20-12-5-3-2-4-6-12/h2-11H,1H3,(H2,20,21,22,24,25). The molecule has 0 aliphatic rings. The van der Waals surface area contributed by atoms with Crippen molar-refractivity contribution in [3.05, 3.63) is 77.1 Å². The van der Waals surface area contributed by atoms with Crippen molar-refractivity contribution in [2.45, 2.75) is 4.90 Å². The predicted molar refractivity (Wildman–Crippen MR) is 103 cm³/mol. The molecular formula is C18H15FN4O5S. The Bertz CT molecular complexity index is 1200. The van der Waals surface area contributed by atoms with Crippen LogP contribution in [0, 0.1) is 5.82 Å². The lowest BCUT2D eigenvalue weighted by molar-refractivity contribution is 0.262. The molecule has 0 bridgehead atoms. The summed E-state index contributed by atoms with van der Waals surface area (Å²) in [6, 6.07) is 12.6. The minimum atomic E-state index is -4.39. The topological polar surface area (TPSA) is 119 Å². The molecule has 3 rings (SSSR count). The quantitative estimate of drug-likeness (QED) is 0.656. The number of hydrogen-bond donors (Lipinski definition) is 2. The minimum Gasteiger partial charge on any atom is -0.497 e. The molecule has 0 radical (unpaired) electrons. The van der Waals surface area contributed by atoms with E-state index in [0.29, 0.717) is 17.6 Å². The Balaban J connectivity index is 1.86. The van der Waals surface area contributed by atoms with Gasteiger partial charge in [0, 0.05) is 5.69 Å². The zero-order valence-electron chi connectivity index (χ0n) is 15.0. The van der Waals surface area contributed by atoms with Gasteiger partial charge in [-0.15, -0.1) is 0 Å². The highest BCUT2D eigenvalue weighted by atomic mass is 32.2. The molecule has 150 valence electrons. The van der Waals surface area contributed by atoms with E-state index in [1.807, 2.05) is 0 Å². The van der Waals surface area contributed by atoms with Crippen molar-refractivity contribution in [3.8, 4) is 5.75 Å². The average molecular weight is 418 g/mol. The summed E-state index contributed by atoms with van der Waals surface area (Å²) in [6.07, 6.45) is 0.451. The van der Waals surface area contributed by atoms with Gasteiger partial charge >= 0.3 is 11.7 Å². The first-order chi connectivity index (χ1) is 13.8. The fourth-order valence-corrected chi connectivity index (χ4v) is 3.52. The van der Waals surface area contributed by atoms with Gasteiger partial charge in [-0.1, -0.05) is 18.2 Å². The Morgan fingerprint density at radius 2 is 1.72 bits per heavy atom. The summed E-state index contributed by atoms with van der Waals surface area (Å²) in [6.45, 7) is 0. The zero-order chi connectivity index (χ0) is 21.0. The van der Waals surface area contributed by atoms with E-state index in [2.05, 4.69) is 15.6 Å². The normalized spacial score (nSPS) is 11.0. The van der Waals surface area contributed by atoms with E-state index in [4.69, 9.17) is 4.74 Å². The smallest absolute Gasteiger partial charge is 0.363 e. The maximum Gasteiger partial charge on any atom is 0.363 e. The van der Waals surface area contributed by atoms with Crippen LogP contribution in [0.5, 0.6) is 5.75 Å². The number of para-hydroxylation sites is 1. The summed E-state index contributed by atoms with van der Waals surface area (Å²) >= 11 is 0. The number of aromatic nitrogens is 2. The van der Waals surface area contributed by atoms with Crippen molar-refractivity contribution < 1.29 is 22.3 Å². The number of halogens is 1. The molecule has 0 saturated carbocycles. The first-order valence-electron chi connectivity index (χ1n) is 8.13. The van der Waals surface area contributed by atoms with Crippen molar-refractivity contribution in [3.63, 3.8) is 0 Å². The number of anilines is 2. The predicted octanol–water partition coefficient (Wildman–Crippen LogP) is 2.27. The lowest BCUT2D eigenvalue weighted by atomic mass is 10.3. The molecule has 2 N–H and O–H groups in total. The van der Waals surface area contributed by atoms with Gasteiger partial charge in [0.1, 0.15) is 5.75 Å². The van der Waals surface area contributed by atoms with Gasteiger partial charge in [-0.05, 0) is 36.4 Å². The summed E-state index contributed by atoms with van der Waals surface area (Å²) in [4.78, 5) is 27.2. The molecule has 11 heteroatoms. The molecular weight excluding hydrogens is 403 g/mol. The SMILES string of the molecule is COc1ccc(S(=O)(=O)n2cc(F)c(NC(=O)Nc3ccccc3)nc2=O)cc1. The van der Waals surface area contributed by atoms with E-state index in [-0.39, 0.29) is 8.87 Å². The molecule has 9 nitrogen and oxygen atoms in total. The number of rotatable bonds is 5. The van der Waals surface area contributed by atoms with Gasteiger partial charge in [0.05, 0.1) is 18.2 Å². The van der Waals surface area contributed by atoms with Crippen molar-refractivity contribution in [2.24, 2.45) is 0 Å². The van der Waals surface area contributed by atoms with E-state index < -0.39 is 33.4 Å². The number of urea groups is 1. The largest absolute Gasteiger partial charge is 0.497 e. The molecule has 3 aromatic rings. The zero-order valence-corrected chi connectivity index (χ0v) is 15.8. The summed E-state index contributed by atoms with van der Waals surface area (Å²) in [5.41, 5.74) is -0.849. The minimum absolute atomic E-state index is 0.157. The third kappa shape index (κ3) is 4.41. The molecule has 0 aliphatic heterocycles. The number of amides is 2. The number of carbonyl (C=O) groups excluding carboxylic acids is 1. The first-order valence-corrected chi connectivity index (χ1v) is 9.57. The van der Waals surface area contributed by atoms with Crippen LogP contribution in [0.3, 0.4) is 0 Å². The Labute approximate surface area is 164 Å². The highest BCUT2D eigenvalue weighted by molar-refractivity contribution is 7.90. The molecule has 0 aliphatic carbocycles. The van der Waals surface area contributed by atoms with Crippen molar-refractivity contribution >= 4 is 27.6 Å². The number of carbonyl (C=O) groups is 1. The number of benzene rings is 2. The third-order valence-electron chi connectivity index (χ3n) is 3.73. The van der Waals surface area contributed by atoms with Crippen LogP contribution in [-0.4, -0.2) is 30.5 Å². The molecule has 2 amide bonds. The molecule has 0 spiro atoms. The molecule has 0 fully saturated rings.